The molecule has 0 amide bonds. The van der Waals surface area contributed by atoms with E-state index < -0.39 is 0 Å². The van der Waals surface area contributed by atoms with Gasteiger partial charge in [-0.2, -0.15) is 5.10 Å². The van der Waals surface area contributed by atoms with Crippen molar-refractivity contribution in [2.24, 2.45) is 12.0 Å². The van der Waals surface area contributed by atoms with E-state index in [9.17, 15) is 4.79 Å². The fourth-order valence-electron chi connectivity index (χ4n) is 5.26. The van der Waals surface area contributed by atoms with Crippen LogP contribution in [-0.4, -0.2) is 43.1 Å². The number of aryl methyl sites for hydroxylation is 2. The Balaban J connectivity index is 1.62. The fraction of sp³-hybridized carbons (Fsp3) is 0.448. The molecule has 0 unspecified atom stereocenters. The van der Waals surface area contributed by atoms with Crippen LogP contribution in [0.25, 0.3) is 17.1 Å². The van der Waals surface area contributed by atoms with E-state index in [1.807, 2.05) is 30.3 Å². The molecule has 188 valence electrons. The lowest BCUT2D eigenvalue weighted by Crippen LogP contribution is -2.38. The maximum atomic E-state index is 12.8. The van der Waals surface area contributed by atoms with Crippen molar-refractivity contribution in [2.75, 3.05) is 13.1 Å². The van der Waals surface area contributed by atoms with Gasteiger partial charge in [-0.15, -0.1) is 0 Å². The number of Topliss-reactive ketones (excluding diaryl/α,β-unsaturated/α-hetero) is 1. The Bertz CT molecular complexity index is 1410. The van der Waals surface area contributed by atoms with Crippen LogP contribution in [0.15, 0.2) is 53.4 Å². The number of benzene rings is 1. The topological polar surface area (TPSA) is 68.3 Å². The second kappa shape index (κ2) is 10.6. The Hall–Kier alpha value is -3.48. The van der Waals surface area contributed by atoms with Crippen molar-refractivity contribution >= 4 is 11.5 Å². The van der Waals surface area contributed by atoms with Crippen molar-refractivity contribution in [1.29, 1.82) is 0 Å². The SMILES string of the molecule is CCC1=CN=c2c(nc(-c3cnn(CC)c3)n2C)=C(N2CCC(=O)CCCc3ccccc3CC2)C1. The molecule has 0 aliphatic carbocycles. The predicted molar refractivity (Wildman–Crippen MR) is 142 cm³/mol. The molecule has 0 N–H and O–H groups in total. The van der Waals surface area contributed by atoms with Gasteiger partial charge in [0.25, 0.3) is 0 Å². The van der Waals surface area contributed by atoms with E-state index in [1.165, 1.54) is 22.4 Å². The first-order valence-electron chi connectivity index (χ1n) is 13.2. The first kappa shape index (κ1) is 24.2. The molecule has 5 rings (SSSR count). The minimum Gasteiger partial charge on any atom is -0.372 e. The number of carbonyl (C=O) groups is 1. The summed E-state index contributed by atoms with van der Waals surface area (Å²) in [6.07, 6.45) is 11.7. The predicted octanol–water partition coefficient (Wildman–Crippen LogP) is 3.57. The fourth-order valence-corrected chi connectivity index (χ4v) is 5.26. The van der Waals surface area contributed by atoms with Gasteiger partial charge in [-0.05, 0) is 49.3 Å². The molecule has 4 heterocycles. The third-order valence-corrected chi connectivity index (χ3v) is 7.49. The van der Waals surface area contributed by atoms with Crippen LogP contribution < -0.4 is 10.8 Å². The number of nitrogens with zero attached hydrogens (tertiary/aromatic N) is 6. The molecule has 1 aromatic carbocycles. The van der Waals surface area contributed by atoms with Crippen LogP contribution >= 0.6 is 0 Å². The van der Waals surface area contributed by atoms with E-state index in [0.29, 0.717) is 25.2 Å². The molecule has 3 aromatic rings. The Kier molecular flexibility index (Phi) is 7.16. The Morgan fingerprint density at radius 1 is 1.00 bits per heavy atom. The second-order valence-electron chi connectivity index (χ2n) is 9.79. The van der Waals surface area contributed by atoms with E-state index in [4.69, 9.17) is 9.98 Å². The van der Waals surface area contributed by atoms with Gasteiger partial charge in [0.15, 0.2) is 5.49 Å². The number of carbonyl (C=O) groups excluding carboxylic acids is 1. The lowest BCUT2D eigenvalue weighted by molar-refractivity contribution is -0.119. The standard InChI is InChI=1S/C29H36N6O/c1-4-21-17-26(27-29(30-18-21)33(3)28(32-27)24-19-31-35(5-2)20-24)34-15-13-23-10-7-6-9-22(23)11-8-12-25(36)14-16-34/h6-7,9-10,18-20H,4-5,8,11-17H2,1-3H3. The Morgan fingerprint density at radius 2 is 1.78 bits per heavy atom. The molecular weight excluding hydrogens is 448 g/mol. The molecule has 0 spiro atoms. The monoisotopic (exact) mass is 484 g/mol. The van der Waals surface area contributed by atoms with Crippen LogP contribution in [0.5, 0.6) is 0 Å². The maximum Gasteiger partial charge on any atom is 0.161 e. The molecule has 2 aromatic heterocycles. The quantitative estimate of drug-likeness (QED) is 0.568. The van der Waals surface area contributed by atoms with Crippen LogP contribution in [0.3, 0.4) is 0 Å². The zero-order chi connectivity index (χ0) is 25.1. The molecule has 7 nitrogen and oxygen atoms in total. The van der Waals surface area contributed by atoms with Crippen LogP contribution in [0.2, 0.25) is 0 Å². The lowest BCUT2D eigenvalue weighted by atomic mass is 9.99. The van der Waals surface area contributed by atoms with E-state index in [1.54, 1.807) is 0 Å². The average molecular weight is 485 g/mol. The van der Waals surface area contributed by atoms with Crippen molar-refractivity contribution in [1.82, 2.24) is 24.2 Å². The summed E-state index contributed by atoms with van der Waals surface area (Å²) >= 11 is 0. The van der Waals surface area contributed by atoms with Gasteiger partial charge in [-0.3, -0.25) is 9.48 Å². The summed E-state index contributed by atoms with van der Waals surface area (Å²) in [6.45, 7) is 6.65. The second-order valence-corrected chi connectivity index (χ2v) is 9.79. The molecule has 0 atom stereocenters. The smallest absolute Gasteiger partial charge is 0.161 e. The van der Waals surface area contributed by atoms with Gasteiger partial charge < -0.3 is 9.47 Å². The highest BCUT2D eigenvalue weighted by molar-refractivity contribution is 5.78. The van der Waals surface area contributed by atoms with E-state index in [0.717, 1.165) is 67.4 Å². The molecule has 2 aliphatic heterocycles. The van der Waals surface area contributed by atoms with Crippen LogP contribution in [-0.2, 0) is 31.2 Å². The molecule has 2 aliphatic rings. The minimum absolute atomic E-state index is 0.346. The number of hydrogen-bond donors (Lipinski definition) is 0. The number of hydrogen-bond acceptors (Lipinski definition) is 5. The molecule has 7 heteroatoms. The highest BCUT2D eigenvalue weighted by atomic mass is 16.1. The third kappa shape index (κ3) is 4.92. The minimum atomic E-state index is 0.346. The van der Waals surface area contributed by atoms with Gasteiger partial charge in [-0.1, -0.05) is 31.2 Å². The molecule has 0 fully saturated rings. The summed E-state index contributed by atoms with van der Waals surface area (Å²) in [6, 6.07) is 8.70. The third-order valence-electron chi connectivity index (χ3n) is 7.49. The highest BCUT2D eigenvalue weighted by Gasteiger charge is 2.21. The number of imidazole rings is 1. The summed E-state index contributed by atoms with van der Waals surface area (Å²) in [4.78, 5) is 25.2. The zero-order valence-electron chi connectivity index (χ0n) is 21.7. The number of ketones is 1. The van der Waals surface area contributed by atoms with Crippen LogP contribution in [0.4, 0.5) is 0 Å². The van der Waals surface area contributed by atoms with Crippen LogP contribution in [0, 0.1) is 0 Å². The molecule has 0 saturated carbocycles. The normalized spacial score (nSPS) is 17.0. The molecule has 0 bridgehead atoms. The molecule has 0 saturated heterocycles. The zero-order valence-corrected chi connectivity index (χ0v) is 21.7. The van der Waals surface area contributed by atoms with E-state index >= 15 is 0 Å². The summed E-state index contributed by atoms with van der Waals surface area (Å²) in [5.41, 5.74) is 7.07. The van der Waals surface area contributed by atoms with Gasteiger partial charge in [0.05, 0.1) is 11.8 Å². The van der Waals surface area contributed by atoms with Crippen molar-refractivity contribution in [2.45, 2.75) is 65.3 Å². The molecular formula is C29H36N6O. The first-order chi connectivity index (χ1) is 17.6. The Labute approximate surface area is 212 Å². The summed E-state index contributed by atoms with van der Waals surface area (Å²) in [5.74, 6) is 1.21. The Morgan fingerprint density at radius 3 is 2.53 bits per heavy atom. The van der Waals surface area contributed by atoms with E-state index in [2.05, 4.69) is 52.7 Å². The molecule has 0 radical (unpaired) electrons. The summed E-state index contributed by atoms with van der Waals surface area (Å²) in [5, 5.41) is 5.38. The first-order valence-corrected chi connectivity index (χ1v) is 13.2. The summed E-state index contributed by atoms with van der Waals surface area (Å²) in [7, 11) is 2.03. The van der Waals surface area contributed by atoms with Gasteiger partial charge in [-0.25, -0.2) is 9.98 Å². The van der Waals surface area contributed by atoms with Crippen molar-refractivity contribution < 1.29 is 4.79 Å². The number of fused-ring (bicyclic) bond motifs is 2. The largest absolute Gasteiger partial charge is 0.372 e. The van der Waals surface area contributed by atoms with Crippen molar-refractivity contribution in [3.63, 3.8) is 0 Å². The van der Waals surface area contributed by atoms with Crippen molar-refractivity contribution in [3.05, 3.63) is 70.4 Å². The summed E-state index contributed by atoms with van der Waals surface area (Å²) < 4.78 is 4.00. The maximum absolute atomic E-state index is 12.8. The lowest BCUT2D eigenvalue weighted by Gasteiger charge is -2.27. The number of rotatable bonds is 4. The molecule has 36 heavy (non-hydrogen) atoms. The van der Waals surface area contributed by atoms with Gasteiger partial charge in [0.2, 0.25) is 0 Å². The van der Waals surface area contributed by atoms with Gasteiger partial charge >= 0.3 is 0 Å². The van der Waals surface area contributed by atoms with Crippen LogP contribution in [0.1, 0.15) is 57.1 Å². The number of aromatic nitrogens is 4. The van der Waals surface area contributed by atoms with Gasteiger partial charge in [0.1, 0.15) is 17.0 Å². The van der Waals surface area contributed by atoms with E-state index in [-0.39, 0.29) is 0 Å². The average Bonchev–Trinajstić information content (AvgIpc) is 3.43. The highest BCUT2D eigenvalue weighted by Crippen LogP contribution is 2.23. The van der Waals surface area contributed by atoms with Crippen molar-refractivity contribution in [3.8, 4) is 11.4 Å². The van der Waals surface area contributed by atoms with Gasteiger partial charge in [0, 0.05) is 64.0 Å².